The molecule has 2 nitrogen and oxygen atoms in total. The SMILES string of the molecule is [CH2]CCCCCCC=CCCCCCCCCCOC(=O)CCCCCCCCCCCCC. The predicted octanol–water partition coefficient (Wildman–Crippen LogP) is 11.1. The number of carbonyl (C=O) groups excluding carboxylic acids is 1. The zero-order chi connectivity index (χ0) is 24.8. The molecule has 0 saturated carbocycles. The van der Waals surface area contributed by atoms with Crippen molar-refractivity contribution in [1.29, 1.82) is 0 Å². The molecule has 0 atom stereocenters. The first-order chi connectivity index (χ1) is 16.8. The minimum absolute atomic E-state index is 0.0160. The van der Waals surface area contributed by atoms with Crippen LogP contribution in [0.1, 0.15) is 174 Å². The van der Waals surface area contributed by atoms with Crippen LogP contribution >= 0.6 is 0 Å². The molecular weight excluding hydrogens is 416 g/mol. The number of hydrogen-bond acceptors (Lipinski definition) is 2. The summed E-state index contributed by atoms with van der Waals surface area (Å²) in [6.45, 7) is 6.79. The summed E-state index contributed by atoms with van der Waals surface area (Å²) >= 11 is 0. The van der Waals surface area contributed by atoms with Gasteiger partial charge in [0.15, 0.2) is 0 Å². The number of esters is 1. The van der Waals surface area contributed by atoms with Crippen LogP contribution in [-0.2, 0) is 9.53 Å². The molecule has 0 aliphatic rings. The highest BCUT2D eigenvalue weighted by Gasteiger charge is 2.02. The number of rotatable bonds is 28. The topological polar surface area (TPSA) is 26.3 Å². The lowest BCUT2D eigenvalue weighted by atomic mass is 10.1. The molecule has 0 fully saturated rings. The third-order valence-electron chi connectivity index (χ3n) is 6.80. The fraction of sp³-hybridized carbons (Fsp3) is 0.875. The van der Waals surface area contributed by atoms with E-state index in [2.05, 4.69) is 26.0 Å². The van der Waals surface area contributed by atoms with Gasteiger partial charge in [-0.1, -0.05) is 148 Å². The zero-order valence-electron chi connectivity index (χ0n) is 23.3. The standard InChI is InChI=1S/C32H61O2/c1-3-5-7-9-11-13-15-16-17-18-19-21-23-25-27-29-31-34-32(33)30-28-26-24-22-20-14-12-10-8-6-4-2/h15-16H,1,3-14,17-31H2,2H3. The van der Waals surface area contributed by atoms with Crippen LogP contribution in [0.5, 0.6) is 0 Å². The Morgan fingerprint density at radius 3 is 1.47 bits per heavy atom. The van der Waals surface area contributed by atoms with E-state index in [0.29, 0.717) is 13.0 Å². The number of allylic oxidation sites excluding steroid dienone is 2. The molecule has 0 aliphatic heterocycles. The minimum atomic E-state index is 0.0160. The Morgan fingerprint density at radius 1 is 0.559 bits per heavy atom. The Hall–Kier alpha value is -0.790. The Bertz CT molecular complexity index is 415. The van der Waals surface area contributed by atoms with E-state index in [9.17, 15) is 4.79 Å². The monoisotopic (exact) mass is 477 g/mol. The minimum Gasteiger partial charge on any atom is -0.466 e. The van der Waals surface area contributed by atoms with E-state index in [4.69, 9.17) is 4.74 Å². The molecule has 0 saturated heterocycles. The van der Waals surface area contributed by atoms with Crippen molar-refractivity contribution in [3.8, 4) is 0 Å². The summed E-state index contributed by atoms with van der Waals surface area (Å²) in [5.41, 5.74) is 0. The Morgan fingerprint density at radius 2 is 0.971 bits per heavy atom. The first-order valence-corrected chi connectivity index (χ1v) is 15.4. The smallest absolute Gasteiger partial charge is 0.305 e. The second-order valence-corrected chi connectivity index (χ2v) is 10.3. The van der Waals surface area contributed by atoms with E-state index in [1.165, 1.54) is 141 Å². The van der Waals surface area contributed by atoms with E-state index < -0.39 is 0 Å². The molecule has 0 aliphatic carbocycles. The van der Waals surface area contributed by atoms with Crippen LogP contribution in [0.15, 0.2) is 12.2 Å². The highest BCUT2D eigenvalue weighted by Crippen LogP contribution is 2.13. The maximum absolute atomic E-state index is 11.8. The molecule has 0 aromatic rings. The Balaban J connectivity index is 3.18. The number of ether oxygens (including phenoxy) is 1. The van der Waals surface area contributed by atoms with E-state index in [1.54, 1.807) is 0 Å². The molecule has 34 heavy (non-hydrogen) atoms. The molecule has 0 unspecified atom stereocenters. The van der Waals surface area contributed by atoms with Gasteiger partial charge in [0, 0.05) is 6.42 Å². The Kier molecular flexibility index (Phi) is 29.5. The molecule has 1 radical (unpaired) electrons. The summed E-state index contributed by atoms with van der Waals surface area (Å²) in [4.78, 5) is 11.8. The van der Waals surface area contributed by atoms with E-state index in [1.807, 2.05) is 0 Å². The molecule has 0 amide bonds. The molecule has 0 aromatic carbocycles. The van der Waals surface area contributed by atoms with Gasteiger partial charge in [-0.2, -0.15) is 0 Å². The third-order valence-corrected chi connectivity index (χ3v) is 6.80. The van der Waals surface area contributed by atoms with Crippen LogP contribution in [0.2, 0.25) is 0 Å². The molecule has 2 heteroatoms. The summed E-state index contributed by atoms with van der Waals surface area (Å²) < 4.78 is 5.40. The van der Waals surface area contributed by atoms with Gasteiger partial charge in [-0.25, -0.2) is 0 Å². The zero-order valence-corrected chi connectivity index (χ0v) is 23.3. The number of carbonyl (C=O) groups is 1. The van der Waals surface area contributed by atoms with Crippen LogP contribution in [0.25, 0.3) is 0 Å². The van der Waals surface area contributed by atoms with E-state index in [0.717, 1.165) is 19.3 Å². The van der Waals surface area contributed by atoms with Crippen LogP contribution in [0.3, 0.4) is 0 Å². The van der Waals surface area contributed by atoms with Crippen LogP contribution in [0.4, 0.5) is 0 Å². The molecule has 0 aromatic heterocycles. The molecule has 0 spiro atoms. The lowest BCUT2D eigenvalue weighted by Crippen LogP contribution is -2.05. The summed E-state index contributed by atoms with van der Waals surface area (Å²) in [5, 5.41) is 0. The summed E-state index contributed by atoms with van der Waals surface area (Å²) in [6, 6.07) is 0. The summed E-state index contributed by atoms with van der Waals surface area (Å²) in [7, 11) is 0. The van der Waals surface area contributed by atoms with Gasteiger partial charge >= 0.3 is 5.97 Å². The highest BCUT2D eigenvalue weighted by molar-refractivity contribution is 5.69. The van der Waals surface area contributed by atoms with Gasteiger partial charge in [-0.05, 0) is 38.5 Å². The van der Waals surface area contributed by atoms with Crippen LogP contribution < -0.4 is 0 Å². The van der Waals surface area contributed by atoms with Gasteiger partial charge in [-0.15, -0.1) is 0 Å². The summed E-state index contributed by atoms with van der Waals surface area (Å²) in [5.74, 6) is 0.0160. The molecule has 0 heterocycles. The summed E-state index contributed by atoms with van der Waals surface area (Å²) in [6.07, 6.45) is 37.6. The van der Waals surface area contributed by atoms with Crippen molar-refractivity contribution in [1.82, 2.24) is 0 Å². The molecule has 0 N–H and O–H groups in total. The fourth-order valence-electron chi connectivity index (χ4n) is 4.47. The van der Waals surface area contributed by atoms with Crippen molar-refractivity contribution < 1.29 is 9.53 Å². The average Bonchev–Trinajstić information content (AvgIpc) is 2.84. The van der Waals surface area contributed by atoms with Crippen molar-refractivity contribution in [2.45, 2.75) is 174 Å². The first-order valence-electron chi connectivity index (χ1n) is 15.4. The van der Waals surface area contributed by atoms with Gasteiger partial charge < -0.3 is 4.74 Å². The van der Waals surface area contributed by atoms with Gasteiger partial charge in [0.1, 0.15) is 0 Å². The molecule has 201 valence electrons. The van der Waals surface area contributed by atoms with Gasteiger partial charge in [-0.3, -0.25) is 4.79 Å². The van der Waals surface area contributed by atoms with Crippen molar-refractivity contribution >= 4 is 5.97 Å². The van der Waals surface area contributed by atoms with Crippen molar-refractivity contribution in [2.75, 3.05) is 6.61 Å². The lowest BCUT2D eigenvalue weighted by Gasteiger charge is -2.05. The normalized spacial score (nSPS) is 11.5. The van der Waals surface area contributed by atoms with Gasteiger partial charge in [0.2, 0.25) is 0 Å². The number of unbranched alkanes of at least 4 members (excludes halogenated alkanes) is 22. The first kappa shape index (κ1) is 33.2. The maximum atomic E-state index is 11.8. The maximum Gasteiger partial charge on any atom is 0.305 e. The van der Waals surface area contributed by atoms with Crippen molar-refractivity contribution in [3.63, 3.8) is 0 Å². The molecule has 0 bridgehead atoms. The van der Waals surface area contributed by atoms with E-state index >= 15 is 0 Å². The Labute approximate surface area is 215 Å². The van der Waals surface area contributed by atoms with Crippen LogP contribution in [-0.4, -0.2) is 12.6 Å². The van der Waals surface area contributed by atoms with Gasteiger partial charge in [0.05, 0.1) is 6.61 Å². The van der Waals surface area contributed by atoms with Crippen molar-refractivity contribution in [3.05, 3.63) is 19.1 Å². The van der Waals surface area contributed by atoms with Gasteiger partial charge in [0.25, 0.3) is 0 Å². The largest absolute Gasteiger partial charge is 0.466 e. The van der Waals surface area contributed by atoms with Crippen LogP contribution in [0, 0.1) is 6.92 Å². The number of hydrogen-bond donors (Lipinski definition) is 0. The average molecular weight is 478 g/mol. The fourth-order valence-corrected chi connectivity index (χ4v) is 4.47. The predicted molar refractivity (Wildman–Crippen MR) is 151 cm³/mol. The highest BCUT2D eigenvalue weighted by atomic mass is 16.5. The quantitative estimate of drug-likeness (QED) is 0.0636. The lowest BCUT2D eigenvalue weighted by molar-refractivity contribution is -0.143. The second kappa shape index (κ2) is 30.2. The third kappa shape index (κ3) is 29.2. The van der Waals surface area contributed by atoms with Crippen molar-refractivity contribution in [2.24, 2.45) is 0 Å². The molecular formula is C32H61O2. The van der Waals surface area contributed by atoms with E-state index in [-0.39, 0.29) is 5.97 Å². The second-order valence-electron chi connectivity index (χ2n) is 10.3. The molecule has 0 rings (SSSR count).